The van der Waals surface area contributed by atoms with Crippen LogP contribution in [-0.4, -0.2) is 30.5 Å². The number of methoxy groups -OCH3 is 1. The summed E-state index contributed by atoms with van der Waals surface area (Å²) < 4.78 is 33.8. The highest BCUT2D eigenvalue weighted by atomic mass is 19.3. The van der Waals surface area contributed by atoms with Crippen LogP contribution >= 0.6 is 0 Å². The van der Waals surface area contributed by atoms with E-state index >= 15 is 0 Å². The van der Waals surface area contributed by atoms with Gasteiger partial charge in [0.05, 0.1) is 7.11 Å². The number of halogens is 2. The van der Waals surface area contributed by atoms with Gasteiger partial charge >= 0.3 is 6.61 Å². The molecule has 7 nitrogen and oxygen atoms in total. The van der Waals surface area contributed by atoms with Crippen molar-refractivity contribution in [1.29, 1.82) is 0 Å². The quantitative estimate of drug-likeness (QED) is 0.730. The van der Waals surface area contributed by atoms with Crippen molar-refractivity contribution in [2.75, 3.05) is 7.11 Å². The van der Waals surface area contributed by atoms with E-state index in [0.29, 0.717) is 0 Å². The highest BCUT2D eigenvalue weighted by molar-refractivity contribution is 5.98. The van der Waals surface area contributed by atoms with Crippen molar-refractivity contribution in [2.45, 2.75) is 6.61 Å². The number of amides is 2. The number of ether oxygens (including phenoxy) is 2. The maximum Gasteiger partial charge on any atom is 0.387 e. The van der Waals surface area contributed by atoms with Crippen LogP contribution < -0.4 is 20.3 Å². The number of carbonyl (C=O) groups is 2. The van der Waals surface area contributed by atoms with E-state index in [0.717, 1.165) is 6.07 Å². The number of aromatic amines is 1. The topological polar surface area (TPSA) is 92.5 Å². The van der Waals surface area contributed by atoms with E-state index in [9.17, 15) is 18.4 Å². The molecular formula is C14H13F2N3O4. The zero-order valence-corrected chi connectivity index (χ0v) is 11.9. The first-order valence-electron chi connectivity index (χ1n) is 6.38. The summed E-state index contributed by atoms with van der Waals surface area (Å²) in [7, 11) is 1.28. The first-order chi connectivity index (χ1) is 11.0. The van der Waals surface area contributed by atoms with Crippen molar-refractivity contribution < 1.29 is 27.8 Å². The van der Waals surface area contributed by atoms with E-state index in [1.165, 1.54) is 25.3 Å². The summed E-state index contributed by atoms with van der Waals surface area (Å²) in [6.45, 7) is -3.06. The van der Waals surface area contributed by atoms with Crippen LogP contribution in [0.25, 0.3) is 0 Å². The molecule has 1 aromatic heterocycles. The molecule has 1 aromatic carbocycles. The molecule has 0 unspecified atom stereocenters. The van der Waals surface area contributed by atoms with Crippen LogP contribution in [0.1, 0.15) is 20.8 Å². The molecule has 2 aromatic rings. The Kier molecular flexibility index (Phi) is 5.13. The molecule has 0 fully saturated rings. The summed E-state index contributed by atoms with van der Waals surface area (Å²) in [5.41, 5.74) is 4.60. The van der Waals surface area contributed by atoms with E-state index in [4.69, 9.17) is 4.74 Å². The van der Waals surface area contributed by atoms with E-state index in [1.807, 2.05) is 0 Å². The Balaban J connectivity index is 2.05. The van der Waals surface area contributed by atoms with E-state index in [1.54, 1.807) is 12.3 Å². The molecule has 3 N–H and O–H groups in total. The van der Waals surface area contributed by atoms with Crippen molar-refractivity contribution in [3.05, 3.63) is 47.8 Å². The van der Waals surface area contributed by atoms with Gasteiger partial charge in [0.15, 0.2) is 11.5 Å². The number of nitrogens with one attached hydrogen (secondary N) is 3. The first kappa shape index (κ1) is 16.3. The predicted octanol–water partition coefficient (Wildman–Crippen LogP) is 1.70. The second-order valence-electron chi connectivity index (χ2n) is 4.24. The molecule has 0 atom stereocenters. The molecule has 0 spiro atoms. The van der Waals surface area contributed by atoms with Crippen molar-refractivity contribution in [1.82, 2.24) is 15.8 Å². The Hall–Kier alpha value is -3.10. The smallest absolute Gasteiger partial charge is 0.387 e. The minimum absolute atomic E-state index is 0.00763. The molecule has 2 rings (SSSR count). The van der Waals surface area contributed by atoms with E-state index in [2.05, 4.69) is 20.6 Å². The lowest BCUT2D eigenvalue weighted by Gasteiger charge is -2.12. The lowest BCUT2D eigenvalue weighted by molar-refractivity contribution is -0.0512. The molecule has 0 aliphatic carbocycles. The third-order valence-electron chi connectivity index (χ3n) is 2.77. The average molecular weight is 325 g/mol. The Labute approximate surface area is 129 Å². The van der Waals surface area contributed by atoms with Crippen LogP contribution in [0, 0.1) is 0 Å². The van der Waals surface area contributed by atoms with Gasteiger partial charge in [-0.1, -0.05) is 0 Å². The van der Waals surface area contributed by atoms with Gasteiger partial charge in [0, 0.05) is 11.8 Å². The highest BCUT2D eigenvalue weighted by Gasteiger charge is 2.15. The summed E-state index contributed by atoms with van der Waals surface area (Å²) in [5, 5.41) is 0. The largest absolute Gasteiger partial charge is 0.493 e. The van der Waals surface area contributed by atoms with Crippen LogP contribution in [0.4, 0.5) is 8.78 Å². The molecule has 0 aliphatic rings. The fourth-order valence-corrected chi connectivity index (χ4v) is 1.73. The molecule has 1 heterocycles. The lowest BCUT2D eigenvalue weighted by atomic mass is 10.2. The summed E-state index contributed by atoms with van der Waals surface area (Å²) in [4.78, 5) is 26.3. The van der Waals surface area contributed by atoms with Gasteiger partial charge < -0.3 is 14.5 Å². The second-order valence-corrected chi connectivity index (χ2v) is 4.24. The van der Waals surface area contributed by atoms with Crippen molar-refractivity contribution in [3.8, 4) is 11.5 Å². The number of hydrazine groups is 1. The third kappa shape index (κ3) is 4.19. The first-order valence-corrected chi connectivity index (χ1v) is 6.38. The van der Waals surface area contributed by atoms with Gasteiger partial charge in [0.2, 0.25) is 0 Å². The number of benzene rings is 1. The molecule has 122 valence electrons. The molecule has 0 aliphatic heterocycles. The van der Waals surface area contributed by atoms with E-state index < -0.39 is 18.4 Å². The van der Waals surface area contributed by atoms with Crippen molar-refractivity contribution in [2.24, 2.45) is 0 Å². The number of rotatable bonds is 5. The van der Waals surface area contributed by atoms with Crippen LogP contribution in [0.2, 0.25) is 0 Å². The van der Waals surface area contributed by atoms with Gasteiger partial charge in [-0.15, -0.1) is 0 Å². The Bertz CT molecular complexity index is 689. The van der Waals surface area contributed by atoms with Crippen LogP contribution in [0.15, 0.2) is 36.5 Å². The molecule has 0 saturated carbocycles. The minimum atomic E-state index is -3.06. The molecule has 0 bridgehead atoms. The Morgan fingerprint density at radius 3 is 2.48 bits per heavy atom. The third-order valence-corrected chi connectivity index (χ3v) is 2.77. The number of aromatic nitrogens is 1. The SMILES string of the molecule is COc1ccc(C(=O)NNC(=O)c2ccc[nH]2)cc1OC(F)F. The molecule has 9 heteroatoms. The fraction of sp³-hybridized carbons (Fsp3) is 0.143. The van der Waals surface area contributed by atoms with Crippen molar-refractivity contribution >= 4 is 11.8 Å². The Morgan fingerprint density at radius 2 is 1.87 bits per heavy atom. The highest BCUT2D eigenvalue weighted by Crippen LogP contribution is 2.29. The predicted molar refractivity (Wildman–Crippen MR) is 75.4 cm³/mol. The normalized spacial score (nSPS) is 10.3. The number of carbonyl (C=O) groups excluding carboxylic acids is 2. The molecule has 0 radical (unpaired) electrons. The molecule has 23 heavy (non-hydrogen) atoms. The zero-order chi connectivity index (χ0) is 16.8. The van der Waals surface area contributed by atoms with Gasteiger partial charge in [0.25, 0.3) is 11.8 Å². The van der Waals surface area contributed by atoms with E-state index in [-0.39, 0.29) is 22.8 Å². The number of alkyl halides is 2. The summed E-state index contributed by atoms with van der Waals surface area (Å²) in [6, 6.07) is 6.87. The second kappa shape index (κ2) is 7.25. The molecule has 2 amide bonds. The summed E-state index contributed by atoms with van der Waals surface area (Å²) in [6.07, 6.45) is 1.55. The van der Waals surface area contributed by atoms with Crippen molar-refractivity contribution in [3.63, 3.8) is 0 Å². The van der Waals surface area contributed by atoms with Crippen LogP contribution in [0.5, 0.6) is 11.5 Å². The number of hydrogen-bond acceptors (Lipinski definition) is 4. The standard InChI is InChI=1S/C14H13F2N3O4/c1-22-10-5-4-8(7-11(10)23-14(15)16)12(20)18-19-13(21)9-3-2-6-17-9/h2-7,14,17H,1H3,(H,18,20)(H,19,21). The monoisotopic (exact) mass is 325 g/mol. The van der Waals surface area contributed by atoms with Gasteiger partial charge in [-0.05, 0) is 30.3 Å². The summed E-state index contributed by atoms with van der Waals surface area (Å²) in [5.74, 6) is -1.49. The Morgan fingerprint density at radius 1 is 1.13 bits per heavy atom. The lowest BCUT2D eigenvalue weighted by Crippen LogP contribution is -2.41. The van der Waals surface area contributed by atoms with Crippen LogP contribution in [-0.2, 0) is 0 Å². The number of hydrogen-bond donors (Lipinski definition) is 3. The maximum absolute atomic E-state index is 12.3. The van der Waals surface area contributed by atoms with Gasteiger partial charge in [-0.3, -0.25) is 20.4 Å². The summed E-state index contributed by atoms with van der Waals surface area (Å²) >= 11 is 0. The number of H-pyrrole nitrogens is 1. The molecular weight excluding hydrogens is 312 g/mol. The fourth-order valence-electron chi connectivity index (χ4n) is 1.73. The maximum atomic E-state index is 12.3. The average Bonchev–Trinajstić information content (AvgIpc) is 3.06. The van der Waals surface area contributed by atoms with Crippen LogP contribution in [0.3, 0.4) is 0 Å². The molecule has 0 saturated heterocycles. The minimum Gasteiger partial charge on any atom is -0.493 e. The van der Waals surface area contributed by atoms with Gasteiger partial charge in [-0.25, -0.2) is 0 Å². The van der Waals surface area contributed by atoms with Gasteiger partial charge in [0.1, 0.15) is 5.69 Å². The zero-order valence-electron chi connectivity index (χ0n) is 11.9. The van der Waals surface area contributed by atoms with Gasteiger partial charge in [-0.2, -0.15) is 8.78 Å².